The molecule has 2 rings (SSSR count). The highest BCUT2D eigenvalue weighted by Gasteiger charge is 2.22. The molecular formula is C11H6BrCl2FN2O2S. The predicted octanol–water partition coefficient (Wildman–Crippen LogP) is 4.09. The summed E-state index contributed by atoms with van der Waals surface area (Å²) in [5.74, 6) is -1.03. The molecule has 1 heterocycles. The van der Waals surface area contributed by atoms with Gasteiger partial charge in [0.25, 0.3) is 10.0 Å². The molecule has 0 bridgehead atoms. The Hall–Kier alpha value is -0.890. The second kappa shape index (κ2) is 5.85. The number of nitrogens with one attached hydrogen (secondary N) is 1. The second-order valence-electron chi connectivity index (χ2n) is 3.65. The van der Waals surface area contributed by atoms with Crippen molar-refractivity contribution in [3.63, 3.8) is 0 Å². The molecule has 0 amide bonds. The molecule has 0 aliphatic rings. The number of sulfonamides is 1. The first kappa shape index (κ1) is 15.5. The largest absolute Gasteiger partial charge is 0.276 e. The van der Waals surface area contributed by atoms with Crippen molar-refractivity contribution < 1.29 is 12.8 Å². The number of anilines is 1. The van der Waals surface area contributed by atoms with Crippen molar-refractivity contribution in [1.29, 1.82) is 0 Å². The molecule has 0 saturated carbocycles. The van der Waals surface area contributed by atoms with Crippen LogP contribution in [0.4, 0.5) is 10.1 Å². The third kappa shape index (κ3) is 3.22. The van der Waals surface area contributed by atoms with E-state index in [1.54, 1.807) is 0 Å². The van der Waals surface area contributed by atoms with Crippen molar-refractivity contribution in [3.8, 4) is 0 Å². The molecule has 106 valence electrons. The van der Waals surface area contributed by atoms with Crippen LogP contribution < -0.4 is 4.72 Å². The highest BCUT2D eigenvalue weighted by Crippen LogP contribution is 2.28. The zero-order chi connectivity index (χ0) is 14.9. The van der Waals surface area contributed by atoms with Crippen LogP contribution in [0.25, 0.3) is 0 Å². The number of hydrogen-bond donors (Lipinski definition) is 1. The van der Waals surface area contributed by atoms with Crippen molar-refractivity contribution >= 4 is 54.8 Å². The maximum absolute atomic E-state index is 13.8. The molecule has 0 atom stereocenters. The van der Waals surface area contributed by atoms with Crippen LogP contribution in [-0.2, 0) is 10.0 Å². The minimum atomic E-state index is -4.16. The first-order chi connectivity index (χ1) is 9.31. The summed E-state index contributed by atoms with van der Waals surface area (Å²) in [4.78, 5) is 3.20. The van der Waals surface area contributed by atoms with Gasteiger partial charge >= 0.3 is 0 Å². The lowest BCUT2D eigenvalue weighted by atomic mass is 10.3. The molecule has 1 N–H and O–H groups in total. The molecule has 4 nitrogen and oxygen atoms in total. The molecule has 20 heavy (non-hydrogen) atoms. The van der Waals surface area contributed by atoms with Crippen LogP contribution in [0.3, 0.4) is 0 Å². The van der Waals surface area contributed by atoms with Gasteiger partial charge in [0.15, 0.2) is 11.0 Å². The summed E-state index contributed by atoms with van der Waals surface area (Å²) in [5.41, 5.74) is 0.0282. The first-order valence-corrected chi connectivity index (χ1v) is 8.12. The zero-order valence-electron chi connectivity index (χ0n) is 9.57. The second-order valence-corrected chi connectivity index (χ2v) is 6.98. The maximum Gasteiger partial charge on any atom is 0.264 e. The molecule has 0 unspecified atom stereocenters. The van der Waals surface area contributed by atoms with Gasteiger partial charge in [-0.15, -0.1) is 0 Å². The van der Waals surface area contributed by atoms with Gasteiger partial charge in [-0.05, 0) is 34.1 Å². The van der Waals surface area contributed by atoms with Crippen molar-refractivity contribution in [2.24, 2.45) is 0 Å². The maximum atomic E-state index is 13.8. The molecular weight excluding hydrogens is 394 g/mol. The predicted molar refractivity (Wildman–Crippen MR) is 79.2 cm³/mol. The van der Waals surface area contributed by atoms with Crippen molar-refractivity contribution in [1.82, 2.24) is 4.98 Å². The minimum absolute atomic E-state index is 0.0282. The van der Waals surface area contributed by atoms with E-state index in [-0.39, 0.29) is 15.9 Å². The number of hydrogen-bond acceptors (Lipinski definition) is 3. The molecule has 0 radical (unpaired) electrons. The van der Waals surface area contributed by atoms with Crippen LogP contribution in [0.1, 0.15) is 0 Å². The Kier molecular flexibility index (Phi) is 4.53. The molecule has 0 aliphatic carbocycles. The van der Waals surface area contributed by atoms with Crippen molar-refractivity contribution in [2.75, 3.05) is 4.72 Å². The summed E-state index contributed by atoms with van der Waals surface area (Å²) in [7, 11) is -4.16. The average Bonchev–Trinajstić information content (AvgIpc) is 2.36. The SMILES string of the molecule is O=S(=O)(Nc1cc(Br)cnc1Cl)c1cccc(Cl)c1F. The van der Waals surface area contributed by atoms with Gasteiger partial charge in [0.05, 0.1) is 10.7 Å². The summed E-state index contributed by atoms with van der Waals surface area (Å²) in [6, 6.07) is 5.10. The van der Waals surface area contributed by atoms with Gasteiger partial charge in [-0.3, -0.25) is 4.72 Å². The van der Waals surface area contributed by atoms with Gasteiger partial charge in [-0.2, -0.15) is 0 Å². The quantitative estimate of drug-likeness (QED) is 0.790. The lowest BCUT2D eigenvalue weighted by Gasteiger charge is -2.10. The van der Waals surface area contributed by atoms with E-state index in [0.717, 1.165) is 6.07 Å². The summed E-state index contributed by atoms with van der Waals surface area (Å²) in [5, 5.41) is -0.342. The Labute approximate surface area is 133 Å². The van der Waals surface area contributed by atoms with Crippen LogP contribution in [0.2, 0.25) is 10.2 Å². The first-order valence-electron chi connectivity index (χ1n) is 5.09. The topological polar surface area (TPSA) is 59.1 Å². The van der Waals surface area contributed by atoms with Gasteiger partial charge < -0.3 is 0 Å². The van der Waals surface area contributed by atoms with E-state index in [2.05, 4.69) is 25.6 Å². The lowest BCUT2D eigenvalue weighted by molar-refractivity contribution is 0.570. The van der Waals surface area contributed by atoms with E-state index in [9.17, 15) is 12.8 Å². The van der Waals surface area contributed by atoms with Crippen LogP contribution in [0, 0.1) is 5.82 Å². The Balaban J connectivity index is 2.46. The number of benzene rings is 1. The summed E-state index contributed by atoms with van der Waals surface area (Å²) in [6.45, 7) is 0. The smallest absolute Gasteiger partial charge is 0.264 e. The molecule has 0 spiro atoms. The minimum Gasteiger partial charge on any atom is -0.276 e. The van der Waals surface area contributed by atoms with Gasteiger partial charge in [0.2, 0.25) is 0 Å². The van der Waals surface area contributed by atoms with Crippen LogP contribution in [0.15, 0.2) is 39.8 Å². The Morgan fingerprint density at radius 3 is 2.70 bits per heavy atom. The fourth-order valence-electron chi connectivity index (χ4n) is 1.39. The third-order valence-corrected chi connectivity index (χ3v) is 4.67. The van der Waals surface area contributed by atoms with Crippen LogP contribution in [-0.4, -0.2) is 13.4 Å². The fraction of sp³-hybridized carbons (Fsp3) is 0. The molecule has 1 aromatic heterocycles. The number of halogens is 4. The lowest BCUT2D eigenvalue weighted by Crippen LogP contribution is -2.15. The molecule has 0 aliphatic heterocycles. The third-order valence-electron chi connectivity index (χ3n) is 2.26. The van der Waals surface area contributed by atoms with E-state index < -0.39 is 20.7 Å². The van der Waals surface area contributed by atoms with E-state index >= 15 is 0 Å². The summed E-state index contributed by atoms with van der Waals surface area (Å²) >= 11 is 14.5. The normalized spacial score (nSPS) is 11.4. The molecule has 0 saturated heterocycles. The van der Waals surface area contributed by atoms with Gasteiger partial charge in [-0.1, -0.05) is 29.3 Å². The van der Waals surface area contributed by atoms with E-state index in [4.69, 9.17) is 23.2 Å². The highest BCUT2D eigenvalue weighted by atomic mass is 79.9. The van der Waals surface area contributed by atoms with Crippen LogP contribution >= 0.6 is 39.1 Å². The standard InChI is InChI=1S/C11H6BrCl2FN2O2S/c12-6-4-8(11(14)16-5-6)17-20(18,19)9-3-1-2-7(13)10(9)15/h1-5,17H. The average molecular weight is 400 g/mol. The van der Waals surface area contributed by atoms with Gasteiger partial charge in [0.1, 0.15) is 4.90 Å². The monoisotopic (exact) mass is 398 g/mol. The van der Waals surface area contributed by atoms with E-state index in [0.29, 0.717) is 4.47 Å². The molecule has 0 fully saturated rings. The molecule has 1 aromatic carbocycles. The Bertz CT molecular complexity index is 771. The Morgan fingerprint density at radius 2 is 2.00 bits per heavy atom. The van der Waals surface area contributed by atoms with Crippen molar-refractivity contribution in [3.05, 3.63) is 50.9 Å². The summed E-state index contributed by atoms with van der Waals surface area (Å²) in [6.07, 6.45) is 1.40. The number of aromatic nitrogens is 1. The molecule has 2 aromatic rings. The van der Waals surface area contributed by atoms with Crippen LogP contribution in [0.5, 0.6) is 0 Å². The van der Waals surface area contributed by atoms with E-state index in [1.807, 2.05) is 0 Å². The Morgan fingerprint density at radius 1 is 1.30 bits per heavy atom. The highest BCUT2D eigenvalue weighted by molar-refractivity contribution is 9.10. The van der Waals surface area contributed by atoms with Crippen molar-refractivity contribution in [2.45, 2.75) is 4.90 Å². The zero-order valence-corrected chi connectivity index (χ0v) is 13.5. The number of rotatable bonds is 3. The fourth-order valence-corrected chi connectivity index (χ4v) is 3.31. The van der Waals surface area contributed by atoms with E-state index in [1.165, 1.54) is 24.4 Å². The number of pyridine rings is 1. The summed E-state index contributed by atoms with van der Waals surface area (Å²) < 4.78 is 40.7. The molecule has 9 heteroatoms. The van der Waals surface area contributed by atoms with Gasteiger partial charge in [-0.25, -0.2) is 17.8 Å². The van der Waals surface area contributed by atoms with Gasteiger partial charge in [0, 0.05) is 10.7 Å². The number of nitrogens with zero attached hydrogens (tertiary/aromatic N) is 1.